The zero-order valence-electron chi connectivity index (χ0n) is 10.9. The number of piperazine rings is 1. The van der Waals surface area contributed by atoms with E-state index in [1.165, 1.54) is 0 Å². The predicted molar refractivity (Wildman–Crippen MR) is 67.7 cm³/mol. The van der Waals surface area contributed by atoms with Crippen LogP contribution in [-0.4, -0.2) is 72.9 Å². The minimum absolute atomic E-state index is 0.227. The molecule has 1 rings (SSSR count). The van der Waals surface area contributed by atoms with E-state index in [1.807, 2.05) is 0 Å². The van der Waals surface area contributed by atoms with Crippen LogP contribution >= 0.6 is 0 Å². The summed E-state index contributed by atoms with van der Waals surface area (Å²) in [4.78, 5) is 4.97. The van der Waals surface area contributed by atoms with Gasteiger partial charge in [-0.2, -0.15) is 0 Å². The summed E-state index contributed by atoms with van der Waals surface area (Å²) >= 11 is 0. The van der Waals surface area contributed by atoms with Crippen LogP contribution < -0.4 is 5.32 Å². The molecule has 0 amide bonds. The molecule has 1 saturated heterocycles. The second-order valence-electron chi connectivity index (χ2n) is 4.67. The average Bonchev–Trinajstić information content (AvgIpc) is 2.28. The van der Waals surface area contributed by atoms with Crippen molar-refractivity contribution in [2.24, 2.45) is 0 Å². The van der Waals surface area contributed by atoms with E-state index >= 15 is 0 Å². The number of hydrogen-bond donors (Lipinski definition) is 2. The Balaban J connectivity index is 2.33. The summed E-state index contributed by atoms with van der Waals surface area (Å²) in [6.45, 7) is 13.3. The van der Waals surface area contributed by atoms with Gasteiger partial charge in [0.2, 0.25) is 0 Å². The number of hydrogen-bond acceptors (Lipinski definition) is 4. The van der Waals surface area contributed by atoms with Crippen LogP contribution in [0.1, 0.15) is 20.8 Å². The van der Waals surface area contributed by atoms with E-state index in [-0.39, 0.29) is 12.6 Å². The van der Waals surface area contributed by atoms with Crippen molar-refractivity contribution in [3.63, 3.8) is 0 Å². The zero-order valence-corrected chi connectivity index (χ0v) is 10.9. The number of rotatable bonds is 6. The molecule has 0 aromatic carbocycles. The van der Waals surface area contributed by atoms with Gasteiger partial charge in [-0.05, 0) is 20.0 Å². The lowest BCUT2D eigenvalue weighted by atomic mass is 10.1. The summed E-state index contributed by atoms with van der Waals surface area (Å²) in [5.74, 6) is 0. The first kappa shape index (κ1) is 13.9. The molecule has 96 valence electrons. The van der Waals surface area contributed by atoms with Gasteiger partial charge in [0.1, 0.15) is 0 Å². The maximum absolute atomic E-state index is 9.25. The number of nitrogens with one attached hydrogen (secondary N) is 1. The van der Waals surface area contributed by atoms with Gasteiger partial charge in [0, 0.05) is 38.3 Å². The molecule has 0 aromatic rings. The Labute approximate surface area is 99.6 Å². The van der Waals surface area contributed by atoms with Gasteiger partial charge in [0.05, 0.1) is 6.61 Å². The van der Waals surface area contributed by atoms with Gasteiger partial charge in [0.15, 0.2) is 0 Å². The molecule has 0 spiro atoms. The molecule has 2 atom stereocenters. The minimum Gasteiger partial charge on any atom is -0.395 e. The Hall–Kier alpha value is -0.160. The smallest absolute Gasteiger partial charge is 0.0597 e. The molecule has 0 saturated carbocycles. The van der Waals surface area contributed by atoms with Crippen LogP contribution in [0.5, 0.6) is 0 Å². The lowest BCUT2D eigenvalue weighted by Crippen LogP contribution is -2.55. The number of aliphatic hydroxyl groups is 1. The van der Waals surface area contributed by atoms with Crippen molar-refractivity contribution in [2.45, 2.75) is 32.9 Å². The molecule has 1 aliphatic heterocycles. The topological polar surface area (TPSA) is 38.7 Å². The Morgan fingerprint density at radius 3 is 2.62 bits per heavy atom. The van der Waals surface area contributed by atoms with Gasteiger partial charge in [-0.15, -0.1) is 0 Å². The van der Waals surface area contributed by atoms with E-state index in [4.69, 9.17) is 0 Å². The van der Waals surface area contributed by atoms with Crippen LogP contribution in [0.25, 0.3) is 0 Å². The largest absolute Gasteiger partial charge is 0.395 e. The lowest BCUT2D eigenvalue weighted by Gasteiger charge is -2.40. The normalized spacial score (nSPS) is 25.9. The van der Waals surface area contributed by atoms with Crippen molar-refractivity contribution in [3.05, 3.63) is 0 Å². The third kappa shape index (κ3) is 4.01. The van der Waals surface area contributed by atoms with Gasteiger partial charge in [-0.1, -0.05) is 13.8 Å². The van der Waals surface area contributed by atoms with Crippen molar-refractivity contribution in [1.82, 2.24) is 15.1 Å². The molecule has 0 bridgehead atoms. The standard InChI is InChI=1S/C12H27N3O/c1-4-13-12(10-16)9-14-6-7-15(5-2)11(3)8-14/h11-13,16H,4-10H2,1-3H3. The van der Waals surface area contributed by atoms with Crippen molar-refractivity contribution in [3.8, 4) is 0 Å². The monoisotopic (exact) mass is 229 g/mol. The fourth-order valence-electron chi connectivity index (χ4n) is 2.49. The molecule has 2 unspecified atom stereocenters. The molecule has 4 heteroatoms. The van der Waals surface area contributed by atoms with Crippen molar-refractivity contribution >= 4 is 0 Å². The average molecular weight is 229 g/mol. The Morgan fingerprint density at radius 1 is 1.38 bits per heavy atom. The van der Waals surface area contributed by atoms with Gasteiger partial charge in [-0.3, -0.25) is 9.80 Å². The third-order valence-corrected chi connectivity index (χ3v) is 3.45. The molecule has 0 aromatic heterocycles. The van der Waals surface area contributed by atoms with Gasteiger partial charge in [0.25, 0.3) is 0 Å². The minimum atomic E-state index is 0.227. The van der Waals surface area contributed by atoms with Crippen LogP contribution in [-0.2, 0) is 0 Å². The van der Waals surface area contributed by atoms with E-state index < -0.39 is 0 Å². The lowest BCUT2D eigenvalue weighted by molar-refractivity contribution is 0.0742. The van der Waals surface area contributed by atoms with Crippen LogP contribution in [0.2, 0.25) is 0 Å². The summed E-state index contributed by atoms with van der Waals surface area (Å²) in [7, 11) is 0. The number of nitrogens with zero attached hydrogens (tertiary/aromatic N) is 2. The van der Waals surface area contributed by atoms with E-state index in [0.29, 0.717) is 6.04 Å². The van der Waals surface area contributed by atoms with Crippen molar-refractivity contribution < 1.29 is 5.11 Å². The highest BCUT2D eigenvalue weighted by Crippen LogP contribution is 2.09. The fourth-order valence-corrected chi connectivity index (χ4v) is 2.49. The van der Waals surface area contributed by atoms with Gasteiger partial charge < -0.3 is 10.4 Å². The summed E-state index contributed by atoms with van der Waals surface area (Å²) in [5.41, 5.74) is 0. The maximum Gasteiger partial charge on any atom is 0.0597 e. The van der Waals surface area contributed by atoms with Crippen LogP contribution in [0, 0.1) is 0 Å². The van der Waals surface area contributed by atoms with Crippen molar-refractivity contribution in [1.29, 1.82) is 0 Å². The van der Waals surface area contributed by atoms with Crippen LogP contribution in [0.3, 0.4) is 0 Å². The summed E-state index contributed by atoms with van der Waals surface area (Å²) < 4.78 is 0. The molecular formula is C12H27N3O. The summed E-state index contributed by atoms with van der Waals surface area (Å²) in [5, 5.41) is 12.6. The van der Waals surface area contributed by atoms with Crippen molar-refractivity contribution in [2.75, 3.05) is 45.9 Å². The van der Waals surface area contributed by atoms with Gasteiger partial charge in [-0.25, -0.2) is 0 Å². The molecule has 0 aliphatic carbocycles. The highest BCUT2D eigenvalue weighted by atomic mass is 16.3. The first-order valence-corrected chi connectivity index (χ1v) is 6.51. The predicted octanol–water partition coefficient (Wildman–Crippen LogP) is -0.0172. The Morgan fingerprint density at radius 2 is 2.12 bits per heavy atom. The molecular weight excluding hydrogens is 202 g/mol. The maximum atomic E-state index is 9.25. The Kier molecular flexibility index (Phi) is 6.28. The molecule has 1 fully saturated rings. The quantitative estimate of drug-likeness (QED) is 0.671. The van der Waals surface area contributed by atoms with Crippen LogP contribution in [0.15, 0.2) is 0 Å². The van der Waals surface area contributed by atoms with E-state index in [0.717, 1.165) is 39.3 Å². The van der Waals surface area contributed by atoms with Crippen LogP contribution in [0.4, 0.5) is 0 Å². The zero-order chi connectivity index (χ0) is 12.0. The second-order valence-corrected chi connectivity index (χ2v) is 4.67. The second kappa shape index (κ2) is 7.22. The summed E-state index contributed by atoms with van der Waals surface area (Å²) in [6, 6.07) is 0.866. The highest BCUT2D eigenvalue weighted by Gasteiger charge is 2.23. The molecule has 1 aliphatic rings. The fraction of sp³-hybridized carbons (Fsp3) is 1.00. The molecule has 16 heavy (non-hydrogen) atoms. The van der Waals surface area contributed by atoms with Gasteiger partial charge >= 0.3 is 0 Å². The number of aliphatic hydroxyl groups excluding tert-OH is 1. The van der Waals surface area contributed by atoms with E-state index in [9.17, 15) is 5.11 Å². The Bertz CT molecular complexity index is 189. The first-order chi connectivity index (χ1) is 7.71. The molecule has 2 N–H and O–H groups in total. The number of likely N-dealkylation sites (N-methyl/N-ethyl adjacent to an activating group) is 2. The van der Waals surface area contributed by atoms with E-state index in [2.05, 4.69) is 35.9 Å². The molecule has 0 radical (unpaired) electrons. The third-order valence-electron chi connectivity index (χ3n) is 3.45. The molecule has 1 heterocycles. The molecule has 4 nitrogen and oxygen atoms in total. The summed E-state index contributed by atoms with van der Waals surface area (Å²) in [6.07, 6.45) is 0. The SMILES string of the molecule is CCNC(CO)CN1CCN(CC)C(C)C1. The highest BCUT2D eigenvalue weighted by molar-refractivity contribution is 4.81. The first-order valence-electron chi connectivity index (χ1n) is 6.51. The van der Waals surface area contributed by atoms with E-state index in [1.54, 1.807) is 0 Å².